The smallest absolute Gasteiger partial charge is 0.324 e. The zero-order valence-electron chi connectivity index (χ0n) is 9.75. The molecule has 9 heteroatoms. The summed E-state index contributed by atoms with van der Waals surface area (Å²) in [6.07, 6.45) is 3.88. The summed E-state index contributed by atoms with van der Waals surface area (Å²) in [5.41, 5.74) is 1.02. The van der Waals surface area contributed by atoms with Crippen LogP contribution in [-0.2, 0) is 22.1 Å². The molecule has 0 atom stereocenters. The van der Waals surface area contributed by atoms with E-state index in [1.807, 2.05) is 6.92 Å². The highest BCUT2D eigenvalue weighted by Crippen LogP contribution is 2.59. The summed E-state index contributed by atoms with van der Waals surface area (Å²) in [7, 11) is -9.73. The predicted molar refractivity (Wildman–Crippen MR) is 63.9 cm³/mol. The Bertz CT molecular complexity index is 468. The topological polar surface area (TPSA) is 119 Å². The number of hydrogen-bond donors (Lipinski definition) is 4. The highest BCUT2D eigenvalue weighted by Gasteiger charge is 2.46. The lowest BCUT2D eigenvalue weighted by molar-refractivity contribution is -0.694. The summed E-state index contributed by atoms with van der Waals surface area (Å²) in [6, 6.07) is 3.47. The monoisotopic (exact) mass is 296 g/mol. The van der Waals surface area contributed by atoms with Gasteiger partial charge in [0, 0.05) is 12.1 Å². The Labute approximate surface area is 104 Å². The molecule has 4 N–H and O–H groups in total. The van der Waals surface area contributed by atoms with Gasteiger partial charge < -0.3 is 19.6 Å². The molecule has 1 heterocycles. The van der Waals surface area contributed by atoms with Gasteiger partial charge in [0.2, 0.25) is 5.40 Å². The summed E-state index contributed by atoms with van der Waals surface area (Å²) < 4.78 is 23.5. The average molecular weight is 296 g/mol. The average Bonchev–Trinajstić information content (AvgIpc) is 2.23. The first-order valence-electron chi connectivity index (χ1n) is 5.23. The second-order valence-electron chi connectivity index (χ2n) is 3.92. The molecule has 0 radical (unpaired) electrons. The molecule has 0 spiro atoms. The van der Waals surface area contributed by atoms with Gasteiger partial charge in [-0.3, -0.25) is 9.13 Å². The zero-order valence-corrected chi connectivity index (χ0v) is 11.5. The van der Waals surface area contributed by atoms with Crippen LogP contribution in [0.2, 0.25) is 0 Å². The van der Waals surface area contributed by atoms with Gasteiger partial charge in [-0.15, -0.1) is 0 Å². The lowest BCUT2D eigenvalue weighted by Crippen LogP contribution is -2.39. The maximum absolute atomic E-state index is 11.1. The van der Waals surface area contributed by atoms with Crippen molar-refractivity contribution in [1.82, 2.24) is 0 Å². The molecule has 18 heavy (non-hydrogen) atoms. The molecule has 1 aromatic heterocycles. The molecule has 0 amide bonds. The van der Waals surface area contributed by atoms with Crippen LogP contribution in [0.3, 0.4) is 0 Å². The van der Waals surface area contributed by atoms with Crippen LogP contribution in [0.25, 0.3) is 0 Å². The summed E-state index contributed by atoms with van der Waals surface area (Å²) in [4.78, 5) is 35.9. The summed E-state index contributed by atoms with van der Waals surface area (Å²) in [6.45, 7) is 1.52. The first kappa shape index (κ1) is 15.5. The minimum Gasteiger partial charge on any atom is -0.324 e. The molecule has 7 nitrogen and oxygen atoms in total. The van der Waals surface area contributed by atoms with E-state index in [2.05, 4.69) is 0 Å². The Hall–Kier alpha value is -0.550. The maximum atomic E-state index is 11.1. The molecule has 0 aliphatic rings. The van der Waals surface area contributed by atoms with E-state index in [0.29, 0.717) is 0 Å². The summed E-state index contributed by atoms with van der Waals surface area (Å²) >= 11 is 0. The Morgan fingerprint density at radius 3 is 1.89 bits per heavy atom. The molecular weight excluding hydrogens is 280 g/mol. The van der Waals surface area contributed by atoms with E-state index >= 15 is 0 Å². The van der Waals surface area contributed by atoms with E-state index in [0.717, 1.165) is 12.0 Å². The molecule has 0 saturated heterocycles. The van der Waals surface area contributed by atoms with Crippen LogP contribution in [0.1, 0.15) is 12.5 Å². The van der Waals surface area contributed by atoms with Gasteiger partial charge in [0.1, 0.15) is 0 Å². The van der Waals surface area contributed by atoms with Crippen LogP contribution < -0.4 is 4.57 Å². The van der Waals surface area contributed by atoms with Crippen LogP contribution in [0.4, 0.5) is 0 Å². The molecule has 0 bridgehead atoms. The highest BCUT2D eigenvalue weighted by molar-refractivity contribution is 7.70. The molecule has 0 aromatic carbocycles. The zero-order chi connectivity index (χ0) is 14.0. The van der Waals surface area contributed by atoms with E-state index in [1.165, 1.54) is 17.0 Å². The van der Waals surface area contributed by atoms with Gasteiger partial charge in [0.25, 0.3) is 0 Å². The van der Waals surface area contributed by atoms with Crippen LogP contribution in [-0.4, -0.2) is 25.0 Å². The van der Waals surface area contributed by atoms with Crippen molar-refractivity contribution in [2.24, 2.45) is 0 Å². The van der Waals surface area contributed by atoms with Crippen molar-refractivity contribution in [1.29, 1.82) is 0 Å². The van der Waals surface area contributed by atoms with Gasteiger partial charge in [0.15, 0.2) is 18.9 Å². The fraction of sp³-hybridized carbons (Fsp3) is 0.444. The van der Waals surface area contributed by atoms with E-state index in [4.69, 9.17) is 19.6 Å². The van der Waals surface area contributed by atoms with Crippen molar-refractivity contribution >= 4 is 15.2 Å². The Morgan fingerprint density at radius 2 is 1.56 bits per heavy atom. The van der Waals surface area contributed by atoms with E-state index in [-0.39, 0.29) is 0 Å². The number of aryl methyl sites for hydroxylation is 1. The minimum absolute atomic E-state index is 0.432. The van der Waals surface area contributed by atoms with Crippen molar-refractivity contribution in [3.63, 3.8) is 0 Å². The summed E-state index contributed by atoms with van der Waals surface area (Å²) in [5, 5.41) is -2.01. The van der Waals surface area contributed by atoms with Crippen LogP contribution >= 0.6 is 15.2 Å². The number of rotatable bonds is 5. The molecular formula is C9H16NO6P2+. The maximum Gasteiger partial charge on any atom is 0.347 e. The lowest BCUT2D eigenvalue weighted by atomic mass is 10.2. The van der Waals surface area contributed by atoms with Gasteiger partial charge >= 0.3 is 15.2 Å². The molecule has 1 rings (SSSR count). The lowest BCUT2D eigenvalue weighted by Gasteiger charge is -2.16. The second kappa shape index (κ2) is 5.61. The predicted octanol–water partition coefficient (Wildman–Crippen LogP) is 0.218. The third-order valence-corrected chi connectivity index (χ3v) is 6.20. The van der Waals surface area contributed by atoms with Crippen LogP contribution in [0, 0.1) is 0 Å². The third kappa shape index (κ3) is 4.28. The number of hydrogen-bond acceptors (Lipinski definition) is 2. The van der Waals surface area contributed by atoms with Crippen molar-refractivity contribution in [2.45, 2.75) is 25.3 Å². The largest absolute Gasteiger partial charge is 0.347 e. The van der Waals surface area contributed by atoms with Gasteiger partial charge in [-0.25, -0.2) is 4.57 Å². The number of nitrogens with zero attached hydrogens (tertiary/aromatic N) is 1. The van der Waals surface area contributed by atoms with E-state index < -0.39 is 27.1 Å². The number of aromatic nitrogens is 1. The third-order valence-electron chi connectivity index (χ3n) is 2.52. The first-order chi connectivity index (χ1) is 8.14. The van der Waals surface area contributed by atoms with E-state index in [9.17, 15) is 9.13 Å². The Morgan fingerprint density at radius 1 is 1.11 bits per heavy atom. The molecule has 0 saturated carbocycles. The van der Waals surface area contributed by atoms with Gasteiger partial charge in [-0.2, -0.15) is 0 Å². The molecule has 1 aromatic rings. The molecule has 0 fully saturated rings. The quantitative estimate of drug-likeness (QED) is 0.456. The Balaban J connectivity index is 2.97. The van der Waals surface area contributed by atoms with Gasteiger partial charge in [-0.1, -0.05) is 6.92 Å². The SMILES string of the molecule is CCc1cc[n+](CC(P(=O)(O)O)P(=O)(O)O)cc1. The second-order valence-corrected chi connectivity index (χ2v) is 7.93. The van der Waals surface area contributed by atoms with Crippen LogP contribution in [0.5, 0.6) is 0 Å². The molecule has 102 valence electrons. The molecule has 0 aliphatic carbocycles. The molecule has 0 unspecified atom stereocenters. The highest BCUT2D eigenvalue weighted by atomic mass is 31.2. The Kier molecular flexibility index (Phi) is 4.84. The fourth-order valence-electron chi connectivity index (χ4n) is 1.44. The van der Waals surface area contributed by atoms with Crippen molar-refractivity contribution < 1.29 is 33.3 Å². The first-order valence-corrected chi connectivity index (χ1v) is 8.59. The van der Waals surface area contributed by atoms with Crippen LogP contribution in [0.15, 0.2) is 24.5 Å². The molecule has 0 aliphatic heterocycles. The van der Waals surface area contributed by atoms with Gasteiger partial charge in [0.05, 0.1) is 0 Å². The fourth-order valence-corrected chi connectivity index (χ4v) is 3.81. The van der Waals surface area contributed by atoms with Crippen molar-refractivity contribution in [3.8, 4) is 0 Å². The standard InChI is InChI=1S/C9H15NO6P2/c1-2-8-3-5-10(6-4-8)7-9(17(11,12)13)18(14,15)16/h3-6,9H,2,7H2,1H3,(H3-,11,12,13,14,15,16)/p+1. The van der Waals surface area contributed by atoms with Crippen molar-refractivity contribution in [2.75, 3.05) is 0 Å². The normalized spacial score (nSPS) is 13.0. The number of pyridine rings is 1. The summed E-state index contributed by atoms with van der Waals surface area (Å²) in [5.74, 6) is 0. The van der Waals surface area contributed by atoms with E-state index in [1.54, 1.807) is 12.1 Å². The van der Waals surface area contributed by atoms with Crippen molar-refractivity contribution in [3.05, 3.63) is 30.1 Å². The van der Waals surface area contributed by atoms with Gasteiger partial charge in [-0.05, 0) is 12.0 Å². The minimum atomic E-state index is -4.87.